The van der Waals surface area contributed by atoms with Crippen LogP contribution < -0.4 is 0 Å². The Bertz CT molecular complexity index is 223. The molecule has 4 heteroatoms. The summed E-state index contributed by atoms with van der Waals surface area (Å²) < 4.78 is 0. The molecule has 0 aliphatic heterocycles. The van der Waals surface area contributed by atoms with E-state index >= 15 is 0 Å². The summed E-state index contributed by atoms with van der Waals surface area (Å²) in [6.07, 6.45) is 2.47. The molecule has 0 aromatic carbocycles. The van der Waals surface area contributed by atoms with E-state index in [1.54, 1.807) is 13.8 Å². The van der Waals surface area contributed by atoms with Crippen LogP contribution in [0.15, 0.2) is 12.2 Å². The Morgan fingerprint density at radius 2 is 1.64 bits per heavy atom. The molecule has 0 rings (SSSR count). The number of hydrogen-bond donors (Lipinski definition) is 1. The van der Waals surface area contributed by atoms with Crippen LogP contribution in [0.25, 0.3) is 0 Å². The fourth-order valence-electron chi connectivity index (χ4n) is 0.532. The number of carboxylic acid groups (broad SMARTS) is 1. The molecule has 0 aromatic rings. The van der Waals surface area contributed by atoms with Crippen LogP contribution in [-0.2, 0) is 14.6 Å². The summed E-state index contributed by atoms with van der Waals surface area (Å²) in [6, 6.07) is 0. The second-order valence-electron chi connectivity index (χ2n) is 4.55. The molecule has 0 amide bonds. The van der Waals surface area contributed by atoms with E-state index in [1.165, 1.54) is 6.08 Å². The van der Waals surface area contributed by atoms with E-state index in [2.05, 4.69) is 0 Å². The van der Waals surface area contributed by atoms with Crippen molar-refractivity contribution in [3.63, 3.8) is 0 Å². The standard InChI is InChI=1S/C10H18O4/c1-9(2,3)13-14-10(4,5)7-6-8(11)12/h6-7H,1-5H3,(H,11,12). The molecule has 0 saturated carbocycles. The molecule has 0 aromatic heterocycles. The quantitative estimate of drug-likeness (QED) is 0.431. The van der Waals surface area contributed by atoms with Gasteiger partial charge < -0.3 is 5.11 Å². The third-order valence-electron chi connectivity index (χ3n) is 1.13. The molecular formula is C10H18O4. The minimum atomic E-state index is -1.00. The van der Waals surface area contributed by atoms with Gasteiger partial charge in [0.2, 0.25) is 0 Å². The highest BCUT2D eigenvalue weighted by atomic mass is 17.2. The lowest BCUT2D eigenvalue weighted by Crippen LogP contribution is -2.29. The molecule has 0 spiro atoms. The van der Waals surface area contributed by atoms with E-state index in [0.717, 1.165) is 6.08 Å². The van der Waals surface area contributed by atoms with Gasteiger partial charge in [0, 0.05) is 6.08 Å². The Labute approximate surface area is 84.4 Å². The first-order valence-corrected chi connectivity index (χ1v) is 4.41. The molecule has 4 nitrogen and oxygen atoms in total. The number of hydrogen-bond acceptors (Lipinski definition) is 3. The fraction of sp³-hybridized carbons (Fsp3) is 0.700. The SMILES string of the molecule is CC(C)(C)OOC(C)(C)C=CC(=O)O. The lowest BCUT2D eigenvalue weighted by Gasteiger charge is -2.25. The van der Waals surface area contributed by atoms with Gasteiger partial charge >= 0.3 is 5.97 Å². The summed E-state index contributed by atoms with van der Waals surface area (Å²) in [4.78, 5) is 20.4. The molecule has 0 fully saturated rings. The van der Waals surface area contributed by atoms with Crippen LogP contribution in [0, 0.1) is 0 Å². The van der Waals surface area contributed by atoms with Crippen molar-refractivity contribution in [1.82, 2.24) is 0 Å². The first kappa shape index (κ1) is 13.1. The van der Waals surface area contributed by atoms with Gasteiger partial charge in [-0.3, -0.25) is 0 Å². The van der Waals surface area contributed by atoms with Gasteiger partial charge in [-0.25, -0.2) is 14.6 Å². The van der Waals surface area contributed by atoms with Crippen molar-refractivity contribution in [2.24, 2.45) is 0 Å². The van der Waals surface area contributed by atoms with Crippen LogP contribution in [0.2, 0.25) is 0 Å². The topological polar surface area (TPSA) is 55.8 Å². The highest BCUT2D eigenvalue weighted by Gasteiger charge is 2.21. The van der Waals surface area contributed by atoms with Crippen molar-refractivity contribution in [3.05, 3.63) is 12.2 Å². The third-order valence-corrected chi connectivity index (χ3v) is 1.13. The van der Waals surface area contributed by atoms with Gasteiger partial charge in [0.25, 0.3) is 0 Å². The Morgan fingerprint density at radius 1 is 1.14 bits per heavy atom. The zero-order chi connectivity index (χ0) is 11.4. The van der Waals surface area contributed by atoms with Gasteiger partial charge in [-0.1, -0.05) is 0 Å². The first-order chi connectivity index (χ1) is 6.12. The van der Waals surface area contributed by atoms with Crippen molar-refractivity contribution in [2.75, 3.05) is 0 Å². The van der Waals surface area contributed by atoms with Gasteiger partial charge in [0.05, 0.1) is 5.60 Å². The summed E-state index contributed by atoms with van der Waals surface area (Å²) >= 11 is 0. The average Bonchev–Trinajstić information content (AvgIpc) is 1.97. The predicted octanol–water partition coefficient (Wildman–Crippen LogP) is 2.15. The molecule has 0 aliphatic carbocycles. The van der Waals surface area contributed by atoms with E-state index in [9.17, 15) is 4.79 Å². The highest BCUT2D eigenvalue weighted by Crippen LogP contribution is 2.17. The zero-order valence-corrected chi connectivity index (χ0v) is 9.33. The van der Waals surface area contributed by atoms with E-state index in [0.29, 0.717) is 0 Å². The summed E-state index contributed by atoms with van der Waals surface area (Å²) in [7, 11) is 0. The van der Waals surface area contributed by atoms with Gasteiger partial charge in [-0.05, 0) is 40.7 Å². The smallest absolute Gasteiger partial charge is 0.328 e. The Kier molecular flexibility index (Phi) is 4.29. The molecule has 14 heavy (non-hydrogen) atoms. The molecule has 0 heterocycles. The lowest BCUT2D eigenvalue weighted by atomic mass is 10.1. The minimum Gasteiger partial charge on any atom is -0.478 e. The maximum Gasteiger partial charge on any atom is 0.328 e. The van der Waals surface area contributed by atoms with E-state index in [4.69, 9.17) is 14.9 Å². The van der Waals surface area contributed by atoms with Crippen molar-refractivity contribution in [3.8, 4) is 0 Å². The molecule has 0 unspecified atom stereocenters. The zero-order valence-electron chi connectivity index (χ0n) is 9.33. The fourth-order valence-corrected chi connectivity index (χ4v) is 0.532. The number of carboxylic acids is 1. The molecule has 0 bridgehead atoms. The largest absolute Gasteiger partial charge is 0.478 e. The maximum absolute atomic E-state index is 10.3. The number of aliphatic carboxylic acids is 1. The predicted molar refractivity (Wildman–Crippen MR) is 52.8 cm³/mol. The monoisotopic (exact) mass is 202 g/mol. The van der Waals surface area contributed by atoms with Crippen LogP contribution >= 0.6 is 0 Å². The molecule has 0 atom stereocenters. The molecular weight excluding hydrogens is 184 g/mol. The minimum absolute atomic E-state index is 0.408. The Morgan fingerprint density at radius 3 is 2.00 bits per heavy atom. The Hall–Kier alpha value is -0.870. The van der Waals surface area contributed by atoms with Crippen LogP contribution in [0.1, 0.15) is 34.6 Å². The highest BCUT2D eigenvalue weighted by molar-refractivity contribution is 5.79. The third kappa shape index (κ3) is 7.76. The molecule has 0 radical (unpaired) electrons. The van der Waals surface area contributed by atoms with Crippen LogP contribution in [0.3, 0.4) is 0 Å². The molecule has 0 aliphatic rings. The van der Waals surface area contributed by atoms with Crippen LogP contribution in [-0.4, -0.2) is 22.3 Å². The van der Waals surface area contributed by atoms with Crippen molar-refractivity contribution in [2.45, 2.75) is 45.8 Å². The van der Waals surface area contributed by atoms with Crippen LogP contribution in [0.5, 0.6) is 0 Å². The van der Waals surface area contributed by atoms with Crippen molar-refractivity contribution in [1.29, 1.82) is 0 Å². The first-order valence-electron chi connectivity index (χ1n) is 4.41. The lowest BCUT2D eigenvalue weighted by molar-refractivity contribution is -0.386. The normalized spacial score (nSPS) is 13.5. The molecule has 82 valence electrons. The summed E-state index contributed by atoms with van der Waals surface area (Å²) in [6.45, 7) is 8.99. The number of rotatable bonds is 4. The van der Waals surface area contributed by atoms with Gasteiger partial charge in [0.15, 0.2) is 0 Å². The molecule has 0 saturated heterocycles. The second kappa shape index (κ2) is 4.57. The van der Waals surface area contributed by atoms with E-state index in [-0.39, 0.29) is 0 Å². The average molecular weight is 202 g/mol. The van der Waals surface area contributed by atoms with Gasteiger partial charge in [0.1, 0.15) is 5.60 Å². The Balaban J connectivity index is 4.14. The summed E-state index contributed by atoms with van der Waals surface area (Å²) in [5, 5.41) is 8.42. The summed E-state index contributed by atoms with van der Waals surface area (Å²) in [5.74, 6) is -1.00. The van der Waals surface area contributed by atoms with E-state index < -0.39 is 17.2 Å². The second-order valence-corrected chi connectivity index (χ2v) is 4.55. The van der Waals surface area contributed by atoms with Crippen molar-refractivity contribution < 1.29 is 19.7 Å². The van der Waals surface area contributed by atoms with Gasteiger partial charge in [-0.2, -0.15) is 0 Å². The van der Waals surface area contributed by atoms with Crippen LogP contribution in [0.4, 0.5) is 0 Å². The summed E-state index contributed by atoms with van der Waals surface area (Å²) in [5.41, 5.74) is -1.15. The number of carbonyl (C=O) groups is 1. The maximum atomic E-state index is 10.3. The molecule has 1 N–H and O–H groups in total. The van der Waals surface area contributed by atoms with Crippen molar-refractivity contribution >= 4 is 5.97 Å². The van der Waals surface area contributed by atoms with E-state index in [1.807, 2.05) is 20.8 Å². The van der Waals surface area contributed by atoms with Gasteiger partial charge in [-0.15, -0.1) is 0 Å².